The Morgan fingerprint density at radius 1 is 1.50 bits per heavy atom. The molecule has 0 fully saturated rings. The zero-order valence-corrected chi connectivity index (χ0v) is 9.83. The van der Waals surface area contributed by atoms with E-state index in [0.29, 0.717) is 12.1 Å². The lowest BCUT2D eigenvalue weighted by atomic mass is 9.83. The fourth-order valence-corrected chi connectivity index (χ4v) is 1.42. The van der Waals surface area contributed by atoms with Gasteiger partial charge in [0.1, 0.15) is 0 Å². The van der Waals surface area contributed by atoms with Crippen molar-refractivity contribution in [2.45, 2.75) is 20.0 Å². The van der Waals surface area contributed by atoms with Crippen molar-refractivity contribution in [1.29, 1.82) is 0 Å². The quantitative estimate of drug-likeness (QED) is 0.825. The van der Waals surface area contributed by atoms with Gasteiger partial charge in [-0.25, -0.2) is 4.39 Å². The van der Waals surface area contributed by atoms with Crippen molar-refractivity contribution in [2.75, 3.05) is 13.7 Å². The van der Waals surface area contributed by atoms with E-state index >= 15 is 0 Å². The van der Waals surface area contributed by atoms with Gasteiger partial charge < -0.3 is 15.6 Å². The van der Waals surface area contributed by atoms with Crippen molar-refractivity contribution in [3.05, 3.63) is 29.6 Å². The predicted molar refractivity (Wildman–Crippen MR) is 60.7 cm³/mol. The summed E-state index contributed by atoms with van der Waals surface area (Å²) in [5.41, 5.74) is 5.58. The molecular formula is C12H18FNO2. The van der Waals surface area contributed by atoms with Crippen molar-refractivity contribution in [3.63, 3.8) is 0 Å². The molecule has 0 aliphatic rings. The van der Waals surface area contributed by atoms with E-state index in [4.69, 9.17) is 10.5 Å². The van der Waals surface area contributed by atoms with Crippen molar-refractivity contribution < 1.29 is 14.2 Å². The molecule has 1 aromatic rings. The van der Waals surface area contributed by atoms with E-state index in [9.17, 15) is 9.50 Å². The summed E-state index contributed by atoms with van der Waals surface area (Å²) in [5, 5.41) is 10.0. The molecule has 90 valence electrons. The molecule has 3 nitrogen and oxygen atoms in total. The highest BCUT2D eigenvalue weighted by molar-refractivity contribution is 5.31. The maximum Gasteiger partial charge on any atom is 0.165 e. The smallest absolute Gasteiger partial charge is 0.165 e. The summed E-state index contributed by atoms with van der Waals surface area (Å²) in [6, 6.07) is 4.42. The lowest BCUT2D eigenvalue weighted by Crippen LogP contribution is -2.30. The van der Waals surface area contributed by atoms with Crippen LogP contribution in [0.4, 0.5) is 4.39 Å². The summed E-state index contributed by atoms with van der Waals surface area (Å²) in [7, 11) is 1.40. The van der Waals surface area contributed by atoms with Gasteiger partial charge in [-0.1, -0.05) is 19.9 Å². The highest BCUT2D eigenvalue weighted by Gasteiger charge is 2.28. The SMILES string of the molecule is COc1ccc(C(O)C(C)(C)CN)cc1F. The first-order valence-electron chi connectivity index (χ1n) is 5.14. The van der Waals surface area contributed by atoms with Crippen molar-refractivity contribution in [3.8, 4) is 5.75 Å². The Morgan fingerprint density at radius 3 is 2.56 bits per heavy atom. The van der Waals surface area contributed by atoms with E-state index in [1.807, 2.05) is 13.8 Å². The second-order valence-corrected chi connectivity index (χ2v) is 4.49. The van der Waals surface area contributed by atoms with E-state index in [0.717, 1.165) is 0 Å². The summed E-state index contributed by atoms with van der Waals surface area (Å²) in [6.07, 6.45) is -0.794. The number of methoxy groups -OCH3 is 1. The van der Waals surface area contributed by atoms with Crippen LogP contribution in [0.25, 0.3) is 0 Å². The van der Waals surface area contributed by atoms with E-state index in [1.54, 1.807) is 6.07 Å². The van der Waals surface area contributed by atoms with E-state index in [1.165, 1.54) is 19.2 Å². The number of rotatable bonds is 4. The molecule has 0 aliphatic heterocycles. The fourth-order valence-electron chi connectivity index (χ4n) is 1.42. The molecule has 0 bridgehead atoms. The number of hydrogen-bond acceptors (Lipinski definition) is 3. The van der Waals surface area contributed by atoms with E-state index in [2.05, 4.69) is 0 Å². The largest absolute Gasteiger partial charge is 0.494 e. The molecule has 0 aromatic heterocycles. The molecule has 0 saturated heterocycles. The second-order valence-electron chi connectivity index (χ2n) is 4.49. The maximum atomic E-state index is 13.4. The summed E-state index contributed by atoms with van der Waals surface area (Å²) in [4.78, 5) is 0. The van der Waals surface area contributed by atoms with Crippen molar-refractivity contribution in [1.82, 2.24) is 0 Å². The average molecular weight is 227 g/mol. The predicted octanol–water partition coefficient (Wildman–Crippen LogP) is 1.85. The Labute approximate surface area is 95.0 Å². The van der Waals surface area contributed by atoms with Crippen LogP contribution in [0.5, 0.6) is 5.75 Å². The van der Waals surface area contributed by atoms with Gasteiger partial charge in [0, 0.05) is 12.0 Å². The Balaban J connectivity index is 3.02. The zero-order chi connectivity index (χ0) is 12.3. The highest BCUT2D eigenvalue weighted by Crippen LogP contribution is 2.33. The molecule has 0 radical (unpaired) electrons. The van der Waals surface area contributed by atoms with Crippen molar-refractivity contribution in [2.24, 2.45) is 11.1 Å². The molecule has 0 amide bonds. The lowest BCUT2D eigenvalue weighted by molar-refractivity contribution is 0.0552. The number of aliphatic hydroxyl groups excluding tert-OH is 1. The Bertz CT molecular complexity index is 366. The minimum absolute atomic E-state index is 0.168. The number of aliphatic hydroxyl groups is 1. The first-order valence-corrected chi connectivity index (χ1v) is 5.14. The highest BCUT2D eigenvalue weighted by atomic mass is 19.1. The molecule has 0 aliphatic carbocycles. The van der Waals surface area contributed by atoms with Gasteiger partial charge in [0.05, 0.1) is 13.2 Å². The molecule has 16 heavy (non-hydrogen) atoms. The Morgan fingerprint density at radius 2 is 2.12 bits per heavy atom. The molecule has 0 saturated carbocycles. The van der Waals surface area contributed by atoms with Gasteiger partial charge in [-0.15, -0.1) is 0 Å². The first-order chi connectivity index (χ1) is 7.42. The van der Waals surface area contributed by atoms with Gasteiger partial charge in [-0.2, -0.15) is 0 Å². The number of hydrogen-bond donors (Lipinski definition) is 2. The topological polar surface area (TPSA) is 55.5 Å². The third-order valence-electron chi connectivity index (χ3n) is 2.76. The van der Waals surface area contributed by atoms with Crippen LogP contribution in [-0.2, 0) is 0 Å². The lowest BCUT2D eigenvalue weighted by Gasteiger charge is -2.29. The van der Waals surface area contributed by atoms with Crippen molar-refractivity contribution >= 4 is 0 Å². The Kier molecular flexibility index (Phi) is 3.88. The van der Waals surface area contributed by atoms with Gasteiger partial charge in [0.2, 0.25) is 0 Å². The van der Waals surface area contributed by atoms with Gasteiger partial charge >= 0.3 is 0 Å². The van der Waals surface area contributed by atoms with Crippen LogP contribution >= 0.6 is 0 Å². The second kappa shape index (κ2) is 4.80. The first kappa shape index (κ1) is 12.9. The maximum absolute atomic E-state index is 13.4. The normalized spacial score (nSPS) is 13.6. The average Bonchev–Trinajstić information content (AvgIpc) is 2.27. The number of ether oxygens (including phenoxy) is 1. The summed E-state index contributed by atoms with van der Waals surface area (Å²) >= 11 is 0. The number of benzene rings is 1. The van der Waals surface area contributed by atoms with Crippen LogP contribution in [0.15, 0.2) is 18.2 Å². The molecule has 0 heterocycles. The van der Waals surface area contributed by atoms with E-state index < -0.39 is 17.3 Å². The third kappa shape index (κ3) is 2.51. The standard InChI is InChI=1S/C12H18FNO2/c1-12(2,7-14)11(15)8-4-5-10(16-3)9(13)6-8/h4-6,11,15H,7,14H2,1-3H3. The molecule has 4 heteroatoms. The van der Waals surface area contributed by atoms with Crippen LogP contribution in [-0.4, -0.2) is 18.8 Å². The van der Waals surface area contributed by atoms with Gasteiger partial charge in [-0.3, -0.25) is 0 Å². The Hall–Kier alpha value is -1.13. The molecule has 1 aromatic carbocycles. The minimum atomic E-state index is -0.794. The number of halogens is 1. The summed E-state index contributed by atoms with van der Waals surface area (Å²) in [6.45, 7) is 3.99. The van der Waals surface area contributed by atoms with E-state index in [-0.39, 0.29) is 5.75 Å². The van der Waals surface area contributed by atoms with Crippen LogP contribution in [0, 0.1) is 11.2 Å². The zero-order valence-electron chi connectivity index (χ0n) is 9.83. The van der Waals surface area contributed by atoms with Gasteiger partial charge in [-0.05, 0) is 17.7 Å². The number of nitrogens with two attached hydrogens (primary N) is 1. The molecule has 0 spiro atoms. The van der Waals surface area contributed by atoms with Crippen LogP contribution in [0.1, 0.15) is 25.5 Å². The molecule has 1 rings (SSSR count). The molecule has 1 unspecified atom stereocenters. The molecular weight excluding hydrogens is 209 g/mol. The summed E-state index contributed by atoms with van der Waals surface area (Å²) < 4.78 is 18.2. The molecule has 3 N–H and O–H groups in total. The summed E-state index contributed by atoms with van der Waals surface area (Å²) in [5.74, 6) is -0.312. The minimum Gasteiger partial charge on any atom is -0.494 e. The molecule has 1 atom stereocenters. The van der Waals surface area contributed by atoms with Gasteiger partial charge in [0.25, 0.3) is 0 Å². The van der Waals surface area contributed by atoms with Crippen LogP contribution in [0.3, 0.4) is 0 Å². The van der Waals surface area contributed by atoms with Crippen LogP contribution in [0.2, 0.25) is 0 Å². The third-order valence-corrected chi connectivity index (χ3v) is 2.76. The van der Waals surface area contributed by atoms with Gasteiger partial charge in [0.15, 0.2) is 11.6 Å². The fraction of sp³-hybridized carbons (Fsp3) is 0.500. The monoisotopic (exact) mass is 227 g/mol. The van der Waals surface area contributed by atoms with Crippen LogP contribution < -0.4 is 10.5 Å².